The van der Waals surface area contributed by atoms with Crippen molar-refractivity contribution in [2.24, 2.45) is 5.41 Å². The van der Waals surface area contributed by atoms with Crippen molar-refractivity contribution >= 4 is 0 Å². The van der Waals surface area contributed by atoms with Crippen LogP contribution in [0, 0.1) is 5.41 Å². The van der Waals surface area contributed by atoms with Crippen LogP contribution in [0.2, 0.25) is 0 Å². The van der Waals surface area contributed by atoms with E-state index < -0.39 is 5.67 Å². The number of nitrogens with one attached hydrogen (secondary N) is 1. The predicted molar refractivity (Wildman–Crippen MR) is 35.5 cm³/mol. The maximum absolute atomic E-state index is 13.2. The van der Waals surface area contributed by atoms with Crippen molar-refractivity contribution in [2.45, 2.75) is 18.5 Å². The normalized spacial score (nSPS) is 52.2. The van der Waals surface area contributed by atoms with Crippen molar-refractivity contribution in [3.05, 3.63) is 0 Å². The predicted octanol–water partition coefficient (Wildman–Crippen LogP) is 0.0704. The number of fused-ring (bicyclic) bond motifs is 2. The summed E-state index contributed by atoms with van der Waals surface area (Å²) in [6.45, 7) is 1.40. The van der Waals surface area contributed by atoms with E-state index in [1.165, 1.54) is 0 Å². The first kappa shape index (κ1) is 6.55. The summed E-state index contributed by atoms with van der Waals surface area (Å²) in [5, 5.41) is 11.9. The van der Waals surface area contributed by atoms with E-state index in [0.29, 0.717) is 19.4 Å². The first-order chi connectivity index (χ1) is 4.68. The molecular formula is C7H12FNO. The number of piperidine rings is 2. The molecule has 2 nitrogen and oxygen atoms in total. The molecule has 58 valence electrons. The van der Waals surface area contributed by atoms with Gasteiger partial charge >= 0.3 is 0 Å². The number of hydrogen-bond acceptors (Lipinski definition) is 2. The third-order valence-corrected chi connectivity index (χ3v) is 2.66. The van der Waals surface area contributed by atoms with E-state index in [1.807, 2.05) is 0 Å². The third kappa shape index (κ3) is 0.705. The number of rotatable bonds is 1. The largest absolute Gasteiger partial charge is 0.396 e. The van der Waals surface area contributed by atoms with Gasteiger partial charge in [-0.25, -0.2) is 4.39 Å². The molecule has 1 saturated carbocycles. The van der Waals surface area contributed by atoms with Gasteiger partial charge < -0.3 is 10.4 Å². The van der Waals surface area contributed by atoms with Crippen LogP contribution < -0.4 is 5.32 Å². The van der Waals surface area contributed by atoms with Crippen LogP contribution in [0.5, 0.6) is 0 Å². The number of halogens is 1. The number of aliphatic hydroxyl groups is 1. The molecule has 2 saturated heterocycles. The highest BCUT2D eigenvalue weighted by Gasteiger charge is 2.57. The monoisotopic (exact) mass is 145 g/mol. The van der Waals surface area contributed by atoms with Crippen molar-refractivity contribution in [1.29, 1.82) is 0 Å². The fourth-order valence-corrected chi connectivity index (χ4v) is 2.26. The first-order valence-electron chi connectivity index (χ1n) is 3.69. The molecule has 3 heteroatoms. The van der Waals surface area contributed by atoms with Crippen molar-refractivity contribution in [3.63, 3.8) is 0 Å². The lowest BCUT2D eigenvalue weighted by molar-refractivity contribution is -0.121. The molecule has 1 aliphatic carbocycles. The zero-order valence-electron chi connectivity index (χ0n) is 5.86. The summed E-state index contributed by atoms with van der Waals surface area (Å²) >= 11 is 0. The Balaban J connectivity index is 2.08. The van der Waals surface area contributed by atoms with E-state index in [-0.39, 0.29) is 12.0 Å². The molecule has 2 N–H and O–H groups in total. The van der Waals surface area contributed by atoms with Crippen molar-refractivity contribution in [2.75, 3.05) is 19.7 Å². The van der Waals surface area contributed by atoms with E-state index in [0.717, 1.165) is 6.54 Å². The molecule has 0 spiro atoms. The van der Waals surface area contributed by atoms with Crippen LogP contribution >= 0.6 is 0 Å². The van der Waals surface area contributed by atoms with Gasteiger partial charge in [0, 0.05) is 18.5 Å². The molecule has 2 heterocycles. The maximum Gasteiger partial charge on any atom is 0.124 e. The van der Waals surface area contributed by atoms with Gasteiger partial charge in [-0.1, -0.05) is 0 Å². The van der Waals surface area contributed by atoms with Gasteiger partial charge in [0.05, 0.1) is 6.61 Å². The van der Waals surface area contributed by atoms with Gasteiger partial charge in [0.2, 0.25) is 0 Å². The summed E-state index contributed by atoms with van der Waals surface area (Å²) in [5.41, 5.74) is -1.09. The number of alkyl halides is 1. The molecule has 2 aliphatic heterocycles. The van der Waals surface area contributed by atoms with Crippen LogP contribution in [-0.4, -0.2) is 30.5 Å². The fraction of sp³-hybridized carbons (Fsp3) is 1.00. The Hall–Kier alpha value is -0.150. The van der Waals surface area contributed by atoms with Crippen LogP contribution in [0.25, 0.3) is 0 Å². The highest BCUT2D eigenvalue weighted by Crippen LogP contribution is 2.52. The van der Waals surface area contributed by atoms with E-state index in [9.17, 15) is 4.39 Å². The Kier molecular flexibility index (Phi) is 1.12. The van der Waals surface area contributed by atoms with Gasteiger partial charge in [0.25, 0.3) is 0 Å². The lowest BCUT2D eigenvalue weighted by Gasteiger charge is -2.55. The molecule has 2 bridgehead atoms. The van der Waals surface area contributed by atoms with Crippen LogP contribution in [0.15, 0.2) is 0 Å². The Morgan fingerprint density at radius 3 is 2.50 bits per heavy atom. The summed E-state index contributed by atoms with van der Waals surface area (Å²) in [6.07, 6.45) is 1.12. The number of hydrogen-bond donors (Lipinski definition) is 2. The van der Waals surface area contributed by atoms with E-state index in [4.69, 9.17) is 5.11 Å². The van der Waals surface area contributed by atoms with E-state index >= 15 is 0 Å². The number of aliphatic hydroxyl groups excluding tert-OH is 1. The van der Waals surface area contributed by atoms with Crippen molar-refractivity contribution in [1.82, 2.24) is 5.32 Å². The minimum Gasteiger partial charge on any atom is -0.396 e. The third-order valence-electron chi connectivity index (χ3n) is 2.66. The second-order valence-corrected chi connectivity index (χ2v) is 3.77. The lowest BCUT2D eigenvalue weighted by Crippen LogP contribution is -2.65. The summed E-state index contributed by atoms with van der Waals surface area (Å²) in [6, 6.07) is 0. The molecule has 3 fully saturated rings. The molecule has 0 aromatic rings. The summed E-state index contributed by atoms with van der Waals surface area (Å²) in [4.78, 5) is 0. The standard InChI is InChI=1S/C7H12FNO/c8-7-1-6(2-7,5-10)3-9-4-7/h9-10H,1-5H2. The molecule has 3 rings (SSSR count). The zero-order chi connectivity index (χ0) is 7.24. The molecule has 0 atom stereocenters. The average Bonchev–Trinajstić information content (AvgIpc) is 1.86. The van der Waals surface area contributed by atoms with Crippen molar-refractivity contribution in [3.8, 4) is 0 Å². The second-order valence-electron chi connectivity index (χ2n) is 3.77. The van der Waals surface area contributed by atoms with Gasteiger partial charge in [-0.05, 0) is 12.8 Å². The molecule has 0 aromatic carbocycles. The minimum atomic E-state index is -0.985. The Morgan fingerprint density at radius 2 is 2.10 bits per heavy atom. The van der Waals surface area contributed by atoms with Crippen LogP contribution in [-0.2, 0) is 0 Å². The van der Waals surface area contributed by atoms with Gasteiger partial charge in [0.1, 0.15) is 5.67 Å². The molecule has 10 heavy (non-hydrogen) atoms. The Labute approximate surface area is 59.4 Å². The topological polar surface area (TPSA) is 32.3 Å². The highest BCUT2D eigenvalue weighted by atomic mass is 19.1. The SMILES string of the molecule is OCC12CNCC(F)(C1)C2. The molecule has 0 unspecified atom stereocenters. The first-order valence-corrected chi connectivity index (χ1v) is 3.69. The molecule has 0 aromatic heterocycles. The van der Waals surface area contributed by atoms with Crippen molar-refractivity contribution < 1.29 is 9.50 Å². The molecule has 0 amide bonds. The summed E-state index contributed by atoms with van der Waals surface area (Å²) in [7, 11) is 0. The van der Waals surface area contributed by atoms with Gasteiger partial charge in [-0.3, -0.25) is 0 Å². The lowest BCUT2D eigenvalue weighted by atomic mass is 9.58. The molecule has 0 radical (unpaired) electrons. The van der Waals surface area contributed by atoms with Crippen LogP contribution in [0.1, 0.15) is 12.8 Å². The van der Waals surface area contributed by atoms with E-state index in [2.05, 4.69) is 5.32 Å². The zero-order valence-corrected chi connectivity index (χ0v) is 5.86. The van der Waals surface area contributed by atoms with Crippen LogP contribution in [0.3, 0.4) is 0 Å². The Morgan fingerprint density at radius 1 is 1.40 bits per heavy atom. The van der Waals surface area contributed by atoms with Gasteiger partial charge in [-0.15, -0.1) is 0 Å². The highest BCUT2D eigenvalue weighted by molar-refractivity contribution is 5.10. The van der Waals surface area contributed by atoms with Crippen LogP contribution in [0.4, 0.5) is 4.39 Å². The summed E-state index contributed by atoms with van der Waals surface area (Å²) in [5.74, 6) is 0. The second kappa shape index (κ2) is 1.71. The van der Waals surface area contributed by atoms with E-state index in [1.54, 1.807) is 0 Å². The average molecular weight is 145 g/mol. The minimum absolute atomic E-state index is 0.104. The summed E-state index contributed by atoms with van der Waals surface area (Å²) < 4.78 is 13.2. The van der Waals surface area contributed by atoms with Gasteiger partial charge in [-0.2, -0.15) is 0 Å². The maximum atomic E-state index is 13.2. The quantitative estimate of drug-likeness (QED) is 0.547. The molecule has 3 aliphatic rings. The smallest absolute Gasteiger partial charge is 0.124 e. The fourth-order valence-electron chi connectivity index (χ4n) is 2.26. The Bertz CT molecular complexity index is 154. The molecular weight excluding hydrogens is 133 g/mol. The van der Waals surface area contributed by atoms with Gasteiger partial charge in [0.15, 0.2) is 0 Å².